The molecule has 5 nitrogen and oxygen atoms in total. The van der Waals surface area contributed by atoms with Gasteiger partial charge < -0.3 is 15.4 Å². The van der Waals surface area contributed by atoms with Gasteiger partial charge in [-0.1, -0.05) is 0 Å². The summed E-state index contributed by atoms with van der Waals surface area (Å²) in [6, 6.07) is 0. The van der Waals surface area contributed by atoms with Crippen molar-refractivity contribution in [3.63, 3.8) is 0 Å². The predicted molar refractivity (Wildman–Crippen MR) is 47.8 cm³/mol. The van der Waals surface area contributed by atoms with Gasteiger partial charge in [0.2, 0.25) is 0 Å². The molecule has 0 bridgehead atoms. The Balaban J connectivity index is 3.14. The van der Waals surface area contributed by atoms with Gasteiger partial charge in [-0.3, -0.25) is 4.79 Å². The predicted octanol–water partition coefficient (Wildman–Crippen LogP) is 0.487. The van der Waals surface area contributed by atoms with E-state index in [0.717, 1.165) is 0 Å². The third kappa shape index (κ3) is 7.37. The summed E-state index contributed by atoms with van der Waals surface area (Å²) in [6.07, 6.45) is -0.493. The van der Waals surface area contributed by atoms with E-state index in [4.69, 9.17) is 0 Å². The first-order valence-electron chi connectivity index (χ1n) is 2.92. The molecule has 6 heteroatoms. The summed E-state index contributed by atoms with van der Waals surface area (Å²) < 4.78 is 4.15. The molecule has 0 atom stereocenters. The SMILES string of the molecule is COC(=O)NCCNC(=O)I. The number of carbonyl (C=O) groups is 2. The van der Waals surface area contributed by atoms with Gasteiger partial charge in [0.25, 0.3) is 3.91 Å². The van der Waals surface area contributed by atoms with Crippen molar-refractivity contribution in [1.82, 2.24) is 10.6 Å². The number of rotatable bonds is 3. The van der Waals surface area contributed by atoms with Gasteiger partial charge >= 0.3 is 6.09 Å². The van der Waals surface area contributed by atoms with Crippen molar-refractivity contribution in [2.75, 3.05) is 20.2 Å². The zero-order chi connectivity index (χ0) is 8.69. The van der Waals surface area contributed by atoms with E-state index in [1.165, 1.54) is 7.11 Å². The van der Waals surface area contributed by atoms with Crippen LogP contribution in [0, 0.1) is 0 Å². The topological polar surface area (TPSA) is 67.4 Å². The molecule has 2 N–H and O–H groups in total. The molecule has 0 spiro atoms. The van der Waals surface area contributed by atoms with Gasteiger partial charge in [0.15, 0.2) is 0 Å². The van der Waals surface area contributed by atoms with Crippen molar-refractivity contribution >= 4 is 32.6 Å². The maximum absolute atomic E-state index is 10.4. The van der Waals surface area contributed by atoms with Crippen LogP contribution in [-0.2, 0) is 4.74 Å². The lowest BCUT2D eigenvalue weighted by Gasteiger charge is -2.02. The average molecular weight is 272 g/mol. The van der Waals surface area contributed by atoms with E-state index in [-0.39, 0.29) is 3.91 Å². The molecule has 0 fully saturated rings. The number of nitrogens with one attached hydrogen (secondary N) is 2. The molecule has 0 radical (unpaired) electrons. The summed E-state index contributed by atoms with van der Waals surface area (Å²) in [6.45, 7) is 0.790. The minimum Gasteiger partial charge on any atom is -0.453 e. The van der Waals surface area contributed by atoms with Crippen molar-refractivity contribution in [2.45, 2.75) is 0 Å². The maximum atomic E-state index is 10.4. The minimum atomic E-state index is -0.493. The third-order valence-corrected chi connectivity index (χ3v) is 1.23. The standard InChI is InChI=1S/C5H9IN2O3/c1-11-5(10)8-3-2-7-4(6)9/h2-3H2,1H3,(H,7,9)(H,8,10). The zero-order valence-electron chi connectivity index (χ0n) is 6.02. The van der Waals surface area contributed by atoms with Gasteiger partial charge in [0.1, 0.15) is 0 Å². The number of amides is 2. The third-order valence-electron chi connectivity index (χ3n) is 0.844. The summed E-state index contributed by atoms with van der Waals surface area (Å²) in [5.74, 6) is 0. The number of halogens is 1. The molecule has 0 aliphatic heterocycles. The van der Waals surface area contributed by atoms with Crippen LogP contribution in [-0.4, -0.2) is 30.2 Å². The van der Waals surface area contributed by atoms with Crippen molar-refractivity contribution in [1.29, 1.82) is 0 Å². The van der Waals surface area contributed by atoms with Gasteiger partial charge in [0, 0.05) is 35.7 Å². The first-order valence-corrected chi connectivity index (χ1v) is 4.00. The highest BCUT2D eigenvalue weighted by Gasteiger charge is 1.96. The number of alkyl carbamates (subject to hydrolysis) is 1. The maximum Gasteiger partial charge on any atom is 0.406 e. The highest BCUT2D eigenvalue weighted by atomic mass is 127. The molecule has 0 heterocycles. The second-order valence-electron chi connectivity index (χ2n) is 1.62. The number of carbonyl (C=O) groups excluding carboxylic acids is 2. The highest BCUT2D eigenvalue weighted by Crippen LogP contribution is 1.80. The second kappa shape index (κ2) is 6.20. The quantitative estimate of drug-likeness (QED) is 0.340. The molecule has 0 saturated heterocycles. The normalized spacial score (nSPS) is 8.55. The molecule has 0 aromatic heterocycles. The molecule has 0 rings (SSSR count). The largest absolute Gasteiger partial charge is 0.453 e. The van der Waals surface area contributed by atoms with Gasteiger partial charge in [-0.05, 0) is 0 Å². The fraction of sp³-hybridized carbons (Fsp3) is 0.600. The Morgan fingerprint density at radius 3 is 2.36 bits per heavy atom. The van der Waals surface area contributed by atoms with Crippen LogP contribution in [0.2, 0.25) is 0 Å². The molecule has 0 aliphatic carbocycles. The van der Waals surface area contributed by atoms with E-state index in [0.29, 0.717) is 13.1 Å². The van der Waals surface area contributed by atoms with E-state index in [1.807, 2.05) is 0 Å². The summed E-state index contributed by atoms with van der Waals surface area (Å²) in [7, 11) is 1.28. The van der Waals surface area contributed by atoms with Crippen LogP contribution in [0.15, 0.2) is 0 Å². The zero-order valence-corrected chi connectivity index (χ0v) is 8.17. The first kappa shape index (κ1) is 10.5. The molecular formula is C5H9IN2O3. The Hall–Kier alpha value is -0.530. The smallest absolute Gasteiger partial charge is 0.406 e. The van der Waals surface area contributed by atoms with Crippen molar-refractivity contribution in [2.24, 2.45) is 0 Å². The Kier molecular flexibility index (Phi) is 5.90. The number of methoxy groups -OCH3 is 1. The van der Waals surface area contributed by atoms with Crippen molar-refractivity contribution < 1.29 is 14.3 Å². The van der Waals surface area contributed by atoms with Gasteiger partial charge in [-0.25, -0.2) is 4.79 Å². The van der Waals surface area contributed by atoms with Crippen LogP contribution in [0.5, 0.6) is 0 Å². The van der Waals surface area contributed by atoms with Crippen LogP contribution in [0.4, 0.5) is 9.59 Å². The van der Waals surface area contributed by atoms with E-state index >= 15 is 0 Å². The summed E-state index contributed by atoms with van der Waals surface area (Å²) in [5, 5.41) is 4.91. The van der Waals surface area contributed by atoms with E-state index in [9.17, 15) is 9.59 Å². The Bertz CT molecular complexity index is 151. The Labute approximate surface area is 78.0 Å². The lowest BCUT2D eigenvalue weighted by Crippen LogP contribution is -2.32. The van der Waals surface area contributed by atoms with Gasteiger partial charge in [-0.2, -0.15) is 0 Å². The Morgan fingerprint density at radius 2 is 1.91 bits per heavy atom. The van der Waals surface area contributed by atoms with Crippen molar-refractivity contribution in [3.05, 3.63) is 0 Å². The molecule has 0 aliphatic rings. The molecule has 64 valence electrons. The molecule has 0 saturated carbocycles. The molecule has 11 heavy (non-hydrogen) atoms. The van der Waals surface area contributed by atoms with Crippen LogP contribution in [0.25, 0.3) is 0 Å². The Morgan fingerprint density at radius 1 is 1.36 bits per heavy atom. The number of hydrogen-bond acceptors (Lipinski definition) is 3. The second-order valence-corrected chi connectivity index (χ2v) is 2.60. The lowest BCUT2D eigenvalue weighted by molar-refractivity contribution is 0.171. The molecule has 0 aromatic rings. The fourth-order valence-electron chi connectivity index (χ4n) is 0.398. The lowest BCUT2D eigenvalue weighted by atomic mass is 10.6. The van der Waals surface area contributed by atoms with E-state index in [1.54, 1.807) is 22.6 Å². The van der Waals surface area contributed by atoms with Crippen LogP contribution in [0.3, 0.4) is 0 Å². The van der Waals surface area contributed by atoms with Gasteiger partial charge in [-0.15, -0.1) is 0 Å². The number of ether oxygens (including phenoxy) is 1. The van der Waals surface area contributed by atoms with Gasteiger partial charge in [0.05, 0.1) is 7.11 Å². The summed E-state index contributed by atoms with van der Waals surface area (Å²) in [4.78, 5) is 20.7. The minimum absolute atomic E-state index is 0.144. The average Bonchev–Trinajstić information content (AvgIpc) is 1.97. The van der Waals surface area contributed by atoms with Crippen molar-refractivity contribution in [3.8, 4) is 0 Å². The molecule has 0 unspecified atom stereocenters. The monoisotopic (exact) mass is 272 g/mol. The molecular weight excluding hydrogens is 263 g/mol. The number of hydrogen-bond donors (Lipinski definition) is 2. The summed E-state index contributed by atoms with van der Waals surface area (Å²) >= 11 is 1.61. The highest BCUT2D eigenvalue weighted by molar-refractivity contribution is 14.1. The van der Waals surface area contributed by atoms with E-state index < -0.39 is 6.09 Å². The van der Waals surface area contributed by atoms with Crippen LogP contribution in [0.1, 0.15) is 0 Å². The van der Waals surface area contributed by atoms with Crippen LogP contribution >= 0.6 is 22.6 Å². The molecule has 0 aromatic carbocycles. The first-order chi connectivity index (χ1) is 5.16. The summed E-state index contributed by atoms with van der Waals surface area (Å²) in [5.41, 5.74) is 0. The fourth-order valence-corrected chi connectivity index (χ4v) is 0.667. The van der Waals surface area contributed by atoms with E-state index in [2.05, 4.69) is 15.4 Å². The van der Waals surface area contributed by atoms with Crippen LogP contribution < -0.4 is 10.6 Å². The molecule has 2 amide bonds.